The van der Waals surface area contributed by atoms with E-state index in [0.717, 1.165) is 45.3 Å². The summed E-state index contributed by atoms with van der Waals surface area (Å²) < 4.78 is 85.8. The molecular formula is C45H122Cl8O11Si23. The second-order valence-electron chi connectivity index (χ2n) is 35.5. The van der Waals surface area contributed by atoms with E-state index in [1.54, 1.807) is 0 Å². The zero-order chi connectivity index (χ0) is 68.6. The van der Waals surface area contributed by atoms with Crippen molar-refractivity contribution in [2.24, 2.45) is 0 Å². The maximum atomic E-state index is 8.69. The molecule has 11 nitrogen and oxygen atoms in total. The highest BCUT2D eigenvalue weighted by Crippen LogP contribution is 2.60. The van der Waals surface area contributed by atoms with Crippen LogP contribution in [0.4, 0.5) is 0 Å². The van der Waals surface area contributed by atoms with Crippen LogP contribution in [-0.2, 0) is 45.3 Å². The summed E-state index contributed by atoms with van der Waals surface area (Å²) in [4.78, 5) is 0.650. The smallest absolute Gasteiger partial charge is 0.274 e. The van der Waals surface area contributed by atoms with E-state index >= 15 is 0 Å². The van der Waals surface area contributed by atoms with E-state index in [0.29, 0.717) is 4.79 Å². The fourth-order valence-electron chi connectivity index (χ4n) is 20.6. The molecule has 9 unspecified atom stereocenters. The Bertz CT molecular complexity index is 2250. The average molecular weight is 1770 g/mol. The predicted molar refractivity (Wildman–Crippen MR) is 442 cm³/mol. The van der Waals surface area contributed by atoms with Crippen LogP contribution >= 0.6 is 88.6 Å². The fourth-order valence-corrected chi connectivity index (χ4v) is 238. The van der Waals surface area contributed by atoms with Gasteiger partial charge in [0, 0.05) is 19.1 Å². The van der Waals surface area contributed by atoms with Crippen molar-refractivity contribution < 1.29 is 45.3 Å². The molecule has 0 aromatic carbocycles. The first kappa shape index (κ1) is 86.3. The predicted octanol–water partition coefficient (Wildman–Crippen LogP) is 19.9. The van der Waals surface area contributed by atoms with Crippen LogP contribution in [0.5, 0.6) is 0 Å². The molecule has 4 saturated heterocycles. The molecule has 87 heavy (non-hydrogen) atoms. The molecule has 0 bridgehead atoms. The summed E-state index contributed by atoms with van der Waals surface area (Å²) in [5.41, 5.74) is 8.67. The van der Waals surface area contributed by atoms with E-state index in [2.05, 4.69) is 216 Å². The second kappa shape index (κ2) is 27.5. The van der Waals surface area contributed by atoms with Gasteiger partial charge in [0.25, 0.3) is 61.0 Å². The molecule has 0 spiro atoms. The van der Waals surface area contributed by atoms with Crippen molar-refractivity contribution in [3.8, 4) is 0 Å². The van der Waals surface area contributed by atoms with Gasteiger partial charge in [0.15, 0.2) is 116 Å². The van der Waals surface area contributed by atoms with Gasteiger partial charge in [-0.1, -0.05) is 0 Å². The highest BCUT2D eigenvalue weighted by atomic mass is 35.6. The van der Waals surface area contributed by atoms with Gasteiger partial charge in [0.1, 0.15) is 0 Å². The summed E-state index contributed by atoms with van der Waals surface area (Å²) in [6.07, 6.45) is 0. The van der Waals surface area contributed by atoms with Crippen LogP contribution in [0.2, 0.25) is 281 Å². The van der Waals surface area contributed by atoms with Crippen LogP contribution in [0.15, 0.2) is 0 Å². The van der Waals surface area contributed by atoms with Gasteiger partial charge in [0.05, 0.1) is 0 Å². The maximum absolute atomic E-state index is 8.69. The lowest BCUT2D eigenvalue weighted by Gasteiger charge is -2.63. The third-order valence-electron chi connectivity index (χ3n) is 17.6. The molecule has 9 atom stereocenters. The van der Waals surface area contributed by atoms with Crippen LogP contribution in [-0.4, -0.2) is 187 Å². The Balaban J connectivity index is 2.09. The first-order chi connectivity index (χ1) is 37.5. The van der Waals surface area contributed by atoms with Gasteiger partial charge < -0.3 is 45.3 Å². The Kier molecular flexibility index (Phi) is 27.3. The van der Waals surface area contributed by atoms with Crippen molar-refractivity contribution in [2.75, 3.05) is 0 Å². The minimum absolute atomic E-state index is 0.105. The Hall–Kier alpha value is 6.87. The number of rotatable bonds is 25. The lowest BCUT2D eigenvalue weighted by atomic mass is 11.7. The first-order valence-electron chi connectivity index (χ1n) is 31.7. The van der Waals surface area contributed by atoms with Crippen molar-refractivity contribution in [3.05, 3.63) is 0 Å². The van der Waals surface area contributed by atoms with Gasteiger partial charge in [-0.2, -0.15) is 0 Å². The van der Waals surface area contributed by atoms with Crippen LogP contribution in [0.3, 0.4) is 0 Å². The molecule has 0 N–H and O–H groups in total. The van der Waals surface area contributed by atoms with Crippen molar-refractivity contribution in [1.29, 1.82) is 0 Å². The summed E-state index contributed by atoms with van der Waals surface area (Å²) in [6, 6.07) is 0. The van der Waals surface area contributed by atoms with E-state index in [1.807, 2.05) is 0 Å². The topological polar surface area (TPSA) is 102 Å². The van der Waals surface area contributed by atoms with E-state index in [1.165, 1.54) is 5.67 Å². The highest BCUT2D eigenvalue weighted by Gasteiger charge is 2.74. The third-order valence-corrected chi connectivity index (χ3v) is 164. The zero-order valence-corrected chi connectivity index (χ0v) is 89.8. The zero-order valence-electron chi connectivity index (χ0n) is 60.3. The standard InChI is InChI=1S/C45H122Cl8O11Si23/c1-66(2,43-65-34-77(23,57-69(7,8)46)38-83(43,29)60-72(13,14)49)54-78(24)35-79(25,55-67(3,4)44-84(30,61-73(15,16)50)39-81(27,58-70(9,10)47)40-85(44,31)62-74(17,18)51)37-80(26,36-78)56-68(5,6)45-86(32,63-75(19,20)52)41-82(28,59-71(11,12)48)42-87(45,33)64-76(21,22)53/h43-45H,34-42,65H2,1-33H3. The normalized spacial score (nSPS) is 40.0. The SMILES string of the molecule is C[Si](C)(Cl)O[Si]1(C)C[SiH2]C([Si](C)(C)O[Si]2(C)C[Si](C)(O[Si](C)(C)C3[Si](C)(O[Si](C)(C)Cl)C[Si](C)(O[Si](C)(C)Cl)C[Si]3(C)O[Si](C)(C)Cl)C[Si](C)(O[Si](C)(C)C3[Si](C)(O[Si](C)(C)Cl)C[Si](C)(O[Si](C)(C)Cl)C[Si]3(C)O[Si](C)(C)Cl)C2)[Si](C)(O[Si](C)(C)Cl)C1. The monoisotopic (exact) mass is 1760 g/mol. The highest BCUT2D eigenvalue weighted by molar-refractivity contribution is 7.31. The van der Waals surface area contributed by atoms with Crippen LogP contribution in [0.25, 0.3) is 0 Å². The minimum Gasteiger partial charge on any atom is -0.456 e. The lowest BCUT2D eigenvalue weighted by Crippen LogP contribution is -2.78. The summed E-state index contributed by atoms with van der Waals surface area (Å²) >= 11 is 59.0. The fraction of sp³-hybridized carbons (Fsp3) is 1.00. The van der Waals surface area contributed by atoms with Gasteiger partial charge in [-0.05, 0) is 272 Å². The molecule has 42 heteroatoms. The second-order valence-corrected chi connectivity index (χ2v) is 154. The molecule has 0 radical (unpaired) electrons. The molecule has 4 rings (SSSR count). The third kappa shape index (κ3) is 25.1. The molecule has 0 saturated carbocycles. The number of hydrogen-bond acceptors (Lipinski definition) is 11. The molecule has 4 fully saturated rings. The minimum atomic E-state index is -2.91. The van der Waals surface area contributed by atoms with E-state index in [4.69, 9.17) is 134 Å². The largest absolute Gasteiger partial charge is 0.456 e. The summed E-state index contributed by atoms with van der Waals surface area (Å²) in [5, 5.41) is 0. The molecule has 0 aromatic rings. The Labute approximate surface area is 595 Å². The average Bonchev–Trinajstić information content (AvgIpc) is 0.729. The van der Waals surface area contributed by atoms with Crippen molar-refractivity contribution in [3.63, 3.8) is 0 Å². The quantitative estimate of drug-likeness (QED) is 0.0645. The van der Waals surface area contributed by atoms with Gasteiger partial charge >= 0.3 is 0 Å². The molecule has 0 aromatic heterocycles. The summed E-state index contributed by atoms with van der Waals surface area (Å²) in [7, 11) is -59.7. The van der Waals surface area contributed by atoms with Crippen molar-refractivity contribution in [2.45, 2.75) is 281 Å². The van der Waals surface area contributed by atoms with Crippen molar-refractivity contribution in [1.82, 2.24) is 0 Å². The summed E-state index contributed by atoms with van der Waals surface area (Å²) in [5.74, 6) is 0. The Morgan fingerprint density at radius 1 is 0.241 bits per heavy atom. The lowest BCUT2D eigenvalue weighted by molar-refractivity contribution is 0.471. The van der Waals surface area contributed by atoms with Gasteiger partial charge in [-0.25, -0.2) is 0 Å². The van der Waals surface area contributed by atoms with E-state index < -0.39 is 187 Å². The molecule has 4 heterocycles. The molecule has 0 amide bonds. The van der Waals surface area contributed by atoms with Crippen LogP contribution in [0, 0.1) is 0 Å². The maximum Gasteiger partial charge on any atom is 0.274 e. The summed E-state index contributed by atoms with van der Waals surface area (Å²) in [6.45, 7) is 76.7. The van der Waals surface area contributed by atoms with Crippen LogP contribution < -0.4 is 0 Å². The molecule has 0 aliphatic carbocycles. The molecule has 4 aliphatic rings. The first-order valence-corrected chi connectivity index (χ1v) is 104. The van der Waals surface area contributed by atoms with Gasteiger partial charge in [-0.3, -0.25) is 0 Å². The number of halogens is 8. The van der Waals surface area contributed by atoms with Crippen LogP contribution in [0.1, 0.15) is 0 Å². The Morgan fingerprint density at radius 3 is 0.655 bits per heavy atom. The molecule has 516 valence electrons. The Morgan fingerprint density at radius 2 is 0.425 bits per heavy atom. The molecule has 4 aliphatic heterocycles. The van der Waals surface area contributed by atoms with Crippen molar-refractivity contribution >= 4 is 276 Å². The van der Waals surface area contributed by atoms with Gasteiger partial charge in [-0.15, -0.1) is 88.6 Å². The number of hydrogen-bond donors (Lipinski definition) is 0. The molecular weight excluding hydrogens is 1650 g/mol. The van der Waals surface area contributed by atoms with E-state index in [-0.39, 0.29) is 9.58 Å². The van der Waals surface area contributed by atoms with Gasteiger partial charge in [0.2, 0.25) is 0 Å². The van der Waals surface area contributed by atoms with E-state index in [9.17, 15) is 0 Å².